The van der Waals surface area contributed by atoms with Crippen molar-refractivity contribution in [3.63, 3.8) is 0 Å². The van der Waals surface area contributed by atoms with Crippen molar-refractivity contribution in [3.8, 4) is 34.6 Å². The number of fused-ring (bicyclic) bond motifs is 10. The average molecular weight is 625 g/mol. The number of rotatable bonds is 3. The largest absolute Gasteiger partial charge is 0.456 e. The maximum Gasteiger partial charge on any atom is 0.137 e. The van der Waals surface area contributed by atoms with Crippen molar-refractivity contribution in [2.45, 2.75) is 0 Å². The molecule has 0 saturated heterocycles. The Morgan fingerprint density at radius 2 is 1.12 bits per heavy atom. The Bertz CT molecular complexity index is 3090. The maximum absolute atomic E-state index is 10.2. The molecule has 0 aliphatic heterocycles. The highest BCUT2D eigenvalue weighted by Gasteiger charge is 2.20. The van der Waals surface area contributed by atoms with E-state index in [-0.39, 0.29) is 0 Å². The highest BCUT2D eigenvalue weighted by Crippen LogP contribution is 2.41. The van der Waals surface area contributed by atoms with E-state index in [1.807, 2.05) is 54.6 Å². The first kappa shape index (κ1) is 27.1. The third kappa shape index (κ3) is 3.91. The molecule has 0 N–H and O–H groups in total. The van der Waals surface area contributed by atoms with Gasteiger partial charge in [0, 0.05) is 38.3 Å². The molecular weight excluding hydrogens is 601 g/mol. The Morgan fingerprint density at radius 3 is 1.94 bits per heavy atom. The second-order valence-corrected chi connectivity index (χ2v) is 12.4. The number of benzene rings is 7. The Hall–Kier alpha value is -7.08. The van der Waals surface area contributed by atoms with Crippen molar-refractivity contribution >= 4 is 65.6 Å². The summed E-state index contributed by atoms with van der Waals surface area (Å²) >= 11 is 0. The molecule has 0 unspecified atom stereocenters. The van der Waals surface area contributed by atoms with E-state index < -0.39 is 0 Å². The van der Waals surface area contributed by atoms with Gasteiger partial charge in [0.25, 0.3) is 0 Å². The number of hydrogen-bond acceptors (Lipinski definition) is 3. The summed E-state index contributed by atoms with van der Waals surface area (Å²) < 4.78 is 10.9. The summed E-state index contributed by atoms with van der Waals surface area (Å²) in [6, 6.07) is 54.2. The van der Waals surface area contributed by atoms with Crippen LogP contribution >= 0.6 is 0 Å². The summed E-state index contributed by atoms with van der Waals surface area (Å²) in [5, 5.41) is 26.4. The van der Waals surface area contributed by atoms with Gasteiger partial charge in [0.1, 0.15) is 11.2 Å². The minimum atomic E-state index is 0.570. The predicted octanol–water partition coefficient (Wildman–Crippen LogP) is 11.2. The summed E-state index contributed by atoms with van der Waals surface area (Å²) in [5.74, 6) is 0. The molecule has 10 aromatic rings. The van der Waals surface area contributed by atoms with Crippen molar-refractivity contribution in [1.29, 1.82) is 10.5 Å². The van der Waals surface area contributed by atoms with E-state index in [1.165, 1.54) is 10.8 Å². The fraction of sp³-hybridized carbons (Fsp3) is 0. The van der Waals surface area contributed by atoms with Crippen molar-refractivity contribution < 1.29 is 4.42 Å². The molecular formula is C44H24N4O. The SMILES string of the molecule is N#Cc1cc(-c2cccc(-n3c4ccccc4c4ccc5oc6ccccc6c5c43)c2)cc(-n2c3ccccc3c3cc(C#N)ccc32)c1. The smallest absolute Gasteiger partial charge is 0.137 e. The maximum atomic E-state index is 10.2. The molecule has 3 heterocycles. The standard InChI is InChI=1S/C44H24N4O/c45-25-27-16-18-40-37(22-27)34-11-2-4-13-38(34)47(40)32-21-28(26-46)20-30(24-32)29-8-7-9-31(23-29)48-39-14-5-1-10-33(39)35-17-19-42-43(44(35)48)36-12-3-6-15-41(36)49-42/h1-24H. The first-order valence-electron chi connectivity index (χ1n) is 16.1. The minimum absolute atomic E-state index is 0.570. The summed E-state index contributed by atoms with van der Waals surface area (Å²) in [5.41, 5.74) is 11.0. The Labute approximate surface area is 280 Å². The molecule has 0 amide bonds. The predicted molar refractivity (Wildman–Crippen MR) is 197 cm³/mol. The number of furan rings is 1. The quantitative estimate of drug-likeness (QED) is 0.196. The van der Waals surface area contributed by atoms with E-state index in [1.54, 1.807) is 0 Å². The number of hydrogen-bond donors (Lipinski definition) is 0. The monoisotopic (exact) mass is 624 g/mol. The van der Waals surface area contributed by atoms with Gasteiger partial charge in [-0.1, -0.05) is 66.7 Å². The van der Waals surface area contributed by atoms with Gasteiger partial charge in [0.05, 0.1) is 50.7 Å². The summed E-state index contributed by atoms with van der Waals surface area (Å²) in [6.07, 6.45) is 0. The van der Waals surface area contributed by atoms with E-state index in [0.29, 0.717) is 11.1 Å². The summed E-state index contributed by atoms with van der Waals surface area (Å²) in [6.45, 7) is 0. The number of para-hydroxylation sites is 3. The van der Waals surface area contributed by atoms with Gasteiger partial charge >= 0.3 is 0 Å². The minimum Gasteiger partial charge on any atom is -0.456 e. The van der Waals surface area contributed by atoms with Crippen LogP contribution in [0.2, 0.25) is 0 Å². The van der Waals surface area contributed by atoms with Crippen LogP contribution in [0.25, 0.3) is 88.1 Å². The van der Waals surface area contributed by atoms with E-state index in [0.717, 1.165) is 77.3 Å². The second kappa shape index (κ2) is 10.2. The van der Waals surface area contributed by atoms with E-state index in [9.17, 15) is 10.5 Å². The molecule has 0 aliphatic rings. The van der Waals surface area contributed by atoms with Gasteiger partial charge in [-0.25, -0.2) is 0 Å². The molecule has 10 rings (SSSR count). The lowest BCUT2D eigenvalue weighted by Gasteiger charge is -2.13. The number of nitriles is 2. The lowest BCUT2D eigenvalue weighted by atomic mass is 10.0. The highest BCUT2D eigenvalue weighted by molar-refractivity contribution is 6.24. The molecule has 0 saturated carbocycles. The Kier molecular flexibility index (Phi) is 5.64. The van der Waals surface area contributed by atoms with Gasteiger partial charge in [0.2, 0.25) is 0 Å². The number of nitrogens with zero attached hydrogens (tertiary/aromatic N) is 4. The normalized spacial score (nSPS) is 11.6. The van der Waals surface area contributed by atoms with Crippen LogP contribution in [0.3, 0.4) is 0 Å². The third-order valence-electron chi connectivity index (χ3n) is 9.72. The van der Waals surface area contributed by atoms with Crippen LogP contribution in [0.1, 0.15) is 11.1 Å². The van der Waals surface area contributed by atoms with Crippen LogP contribution in [0.15, 0.2) is 150 Å². The topological polar surface area (TPSA) is 70.6 Å². The van der Waals surface area contributed by atoms with Crippen LogP contribution in [0.5, 0.6) is 0 Å². The molecule has 0 aliphatic carbocycles. The van der Waals surface area contributed by atoms with Gasteiger partial charge in [-0.3, -0.25) is 0 Å². The third-order valence-corrected chi connectivity index (χ3v) is 9.72. The van der Waals surface area contributed by atoms with Gasteiger partial charge in [-0.2, -0.15) is 10.5 Å². The highest BCUT2D eigenvalue weighted by atomic mass is 16.3. The van der Waals surface area contributed by atoms with Crippen molar-refractivity contribution in [2.24, 2.45) is 0 Å². The first-order chi connectivity index (χ1) is 24.2. The molecule has 3 aromatic heterocycles. The number of aromatic nitrogens is 2. The molecule has 226 valence electrons. The Balaban J connectivity index is 1.22. The zero-order chi connectivity index (χ0) is 32.6. The lowest BCUT2D eigenvalue weighted by Crippen LogP contribution is -1.97. The second-order valence-electron chi connectivity index (χ2n) is 12.4. The molecule has 5 nitrogen and oxygen atoms in total. The molecule has 0 fully saturated rings. The molecule has 49 heavy (non-hydrogen) atoms. The fourth-order valence-corrected chi connectivity index (χ4v) is 7.65. The van der Waals surface area contributed by atoms with Crippen LogP contribution in [-0.2, 0) is 0 Å². The van der Waals surface area contributed by atoms with E-state index in [4.69, 9.17) is 4.42 Å². The molecule has 0 atom stereocenters. The molecule has 7 aromatic carbocycles. The van der Waals surface area contributed by atoms with E-state index >= 15 is 0 Å². The molecule has 0 radical (unpaired) electrons. The zero-order valence-electron chi connectivity index (χ0n) is 26.1. The Morgan fingerprint density at radius 1 is 0.429 bits per heavy atom. The van der Waals surface area contributed by atoms with Crippen molar-refractivity contribution in [2.75, 3.05) is 0 Å². The van der Waals surface area contributed by atoms with Gasteiger partial charge < -0.3 is 13.6 Å². The van der Waals surface area contributed by atoms with Crippen LogP contribution < -0.4 is 0 Å². The fourth-order valence-electron chi connectivity index (χ4n) is 7.65. The van der Waals surface area contributed by atoms with Crippen LogP contribution in [-0.4, -0.2) is 9.13 Å². The lowest BCUT2D eigenvalue weighted by molar-refractivity contribution is 0.669. The average Bonchev–Trinajstić information content (AvgIpc) is 3.82. The van der Waals surface area contributed by atoms with Crippen LogP contribution in [0.4, 0.5) is 0 Å². The summed E-state index contributed by atoms with van der Waals surface area (Å²) in [4.78, 5) is 0. The van der Waals surface area contributed by atoms with Gasteiger partial charge in [-0.05, 0) is 90.0 Å². The van der Waals surface area contributed by atoms with Crippen LogP contribution in [0, 0.1) is 22.7 Å². The van der Waals surface area contributed by atoms with Gasteiger partial charge in [0.15, 0.2) is 0 Å². The van der Waals surface area contributed by atoms with E-state index in [2.05, 4.69) is 112 Å². The first-order valence-corrected chi connectivity index (χ1v) is 16.1. The molecule has 0 bridgehead atoms. The summed E-state index contributed by atoms with van der Waals surface area (Å²) in [7, 11) is 0. The van der Waals surface area contributed by atoms with Crippen molar-refractivity contribution in [3.05, 3.63) is 157 Å². The van der Waals surface area contributed by atoms with Crippen molar-refractivity contribution in [1.82, 2.24) is 9.13 Å². The van der Waals surface area contributed by atoms with Gasteiger partial charge in [-0.15, -0.1) is 0 Å². The molecule has 0 spiro atoms. The molecule has 5 heteroatoms. The zero-order valence-corrected chi connectivity index (χ0v) is 26.1.